The van der Waals surface area contributed by atoms with Crippen molar-refractivity contribution in [3.8, 4) is 11.5 Å². The molecule has 1 aromatic rings. The molecule has 1 aliphatic rings. The molecule has 0 aliphatic carbocycles. The van der Waals surface area contributed by atoms with Crippen molar-refractivity contribution in [1.82, 2.24) is 10.6 Å². The van der Waals surface area contributed by atoms with Gasteiger partial charge in [-0.05, 0) is 36.9 Å². The minimum absolute atomic E-state index is 0.0669. The molecule has 1 fully saturated rings. The number of amides is 1. The van der Waals surface area contributed by atoms with Gasteiger partial charge in [-0.15, -0.1) is 0 Å². The summed E-state index contributed by atoms with van der Waals surface area (Å²) in [7, 11) is 1.52. The van der Waals surface area contributed by atoms with Gasteiger partial charge in [0.15, 0.2) is 0 Å². The first kappa shape index (κ1) is 15.6. The lowest BCUT2D eigenvalue weighted by molar-refractivity contribution is 0.0926. The van der Waals surface area contributed by atoms with Crippen LogP contribution in [0.5, 0.6) is 11.5 Å². The molecule has 0 spiro atoms. The van der Waals surface area contributed by atoms with Crippen LogP contribution in [0, 0.1) is 5.41 Å². The lowest BCUT2D eigenvalue weighted by atomic mass is 9.77. The number of methoxy groups -OCH3 is 1. The Labute approximate surface area is 125 Å². The molecule has 1 amide bonds. The summed E-state index contributed by atoms with van der Waals surface area (Å²) >= 11 is 0. The summed E-state index contributed by atoms with van der Waals surface area (Å²) in [4.78, 5) is 12.2. The lowest BCUT2D eigenvalue weighted by Crippen LogP contribution is -2.52. The van der Waals surface area contributed by atoms with Crippen LogP contribution in [0.25, 0.3) is 0 Å². The predicted octanol–water partition coefficient (Wildman–Crippen LogP) is 1.91. The number of carbonyl (C=O) groups excluding carboxylic acids is 1. The maximum Gasteiger partial charge on any atom is 0.255 e. The number of nitrogens with one attached hydrogen (secondary N) is 2. The second kappa shape index (κ2) is 6.35. The van der Waals surface area contributed by atoms with Gasteiger partial charge in [-0.25, -0.2) is 0 Å². The van der Waals surface area contributed by atoms with Crippen molar-refractivity contribution in [1.29, 1.82) is 0 Å². The molecule has 1 saturated heterocycles. The summed E-state index contributed by atoms with van der Waals surface area (Å²) in [5, 5.41) is 16.2. The Morgan fingerprint density at radius 1 is 1.52 bits per heavy atom. The zero-order valence-electron chi connectivity index (χ0n) is 12.9. The molecule has 116 valence electrons. The maximum atomic E-state index is 12.2. The van der Waals surface area contributed by atoms with Gasteiger partial charge in [-0.1, -0.05) is 13.8 Å². The van der Waals surface area contributed by atoms with E-state index in [1.54, 1.807) is 12.1 Å². The van der Waals surface area contributed by atoms with Gasteiger partial charge in [0.1, 0.15) is 11.5 Å². The van der Waals surface area contributed by atoms with Crippen molar-refractivity contribution < 1.29 is 14.6 Å². The van der Waals surface area contributed by atoms with Gasteiger partial charge >= 0.3 is 0 Å². The molecule has 1 aliphatic heterocycles. The van der Waals surface area contributed by atoms with Gasteiger partial charge in [0, 0.05) is 18.7 Å². The average molecular weight is 292 g/mol. The highest BCUT2D eigenvalue weighted by molar-refractivity contribution is 5.97. The lowest BCUT2D eigenvalue weighted by Gasteiger charge is -2.39. The third-order valence-electron chi connectivity index (χ3n) is 4.25. The molecule has 0 radical (unpaired) electrons. The minimum Gasteiger partial charge on any atom is -0.507 e. The Kier molecular flexibility index (Phi) is 4.73. The van der Waals surface area contributed by atoms with Crippen LogP contribution in [0.3, 0.4) is 0 Å². The first-order chi connectivity index (χ1) is 9.94. The number of carbonyl (C=O) groups is 1. The fraction of sp³-hybridized carbons (Fsp3) is 0.562. The zero-order chi connectivity index (χ0) is 15.5. The van der Waals surface area contributed by atoms with Crippen molar-refractivity contribution in [2.75, 3.05) is 20.2 Å². The van der Waals surface area contributed by atoms with E-state index < -0.39 is 0 Å². The highest BCUT2D eigenvalue weighted by Crippen LogP contribution is 2.30. The molecule has 3 N–H and O–H groups in total. The van der Waals surface area contributed by atoms with Gasteiger partial charge < -0.3 is 20.5 Å². The molecule has 1 aromatic carbocycles. The van der Waals surface area contributed by atoms with Gasteiger partial charge in [-0.2, -0.15) is 0 Å². The van der Waals surface area contributed by atoms with Crippen LogP contribution in [-0.2, 0) is 0 Å². The van der Waals surface area contributed by atoms with Crippen LogP contribution < -0.4 is 15.4 Å². The van der Waals surface area contributed by atoms with Crippen molar-refractivity contribution in [3.63, 3.8) is 0 Å². The van der Waals surface area contributed by atoms with Gasteiger partial charge in [0.25, 0.3) is 5.91 Å². The van der Waals surface area contributed by atoms with Crippen LogP contribution in [0.15, 0.2) is 18.2 Å². The smallest absolute Gasteiger partial charge is 0.255 e. The third-order valence-corrected chi connectivity index (χ3v) is 4.25. The molecule has 1 heterocycles. The second-order valence-corrected chi connectivity index (χ2v) is 6.19. The van der Waals surface area contributed by atoms with Crippen molar-refractivity contribution >= 4 is 5.91 Å². The van der Waals surface area contributed by atoms with E-state index >= 15 is 0 Å². The van der Waals surface area contributed by atoms with E-state index in [1.165, 1.54) is 13.2 Å². The number of hydrogen-bond acceptors (Lipinski definition) is 4. The molecule has 5 heteroatoms. The SMILES string of the molecule is COc1ccc(C(=O)NCC2NCCCC2(C)C)c(O)c1. The minimum atomic E-state index is -0.265. The van der Waals surface area contributed by atoms with Crippen LogP contribution in [0.2, 0.25) is 0 Å². The monoisotopic (exact) mass is 292 g/mol. The first-order valence-corrected chi connectivity index (χ1v) is 7.32. The Balaban J connectivity index is 1.98. The van der Waals surface area contributed by atoms with Crippen LogP contribution in [0.4, 0.5) is 0 Å². The van der Waals surface area contributed by atoms with E-state index in [9.17, 15) is 9.90 Å². The van der Waals surface area contributed by atoms with Gasteiger partial charge in [0.05, 0.1) is 12.7 Å². The highest BCUT2D eigenvalue weighted by Gasteiger charge is 2.32. The number of hydrogen-bond donors (Lipinski definition) is 3. The maximum absolute atomic E-state index is 12.2. The number of benzene rings is 1. The Bertz CT molecular complexity index is 514. The van der Waals surface area contributed by atoms with Crippen LogP contribution >= 0.6 is 0 Å². The van der Waals surface area contributed by atoms with E-state index in [0.717, 1.165) is 19.4 Å². The van der Waals surface area contributed by atoms with Crippen LogP contribution in [-0.4, -0.2) is 37.3 Å². The van der Waals surface area contributed by atoms with Crippen molar-refractivity contribution in [2.45, 2.75) is 32.7 Å². The molecule has 0 aromatic heterocycles. The molecule has 1 unspecified atom stereocenters. The molecular weight excluding hydrogens is 268 g/mol. The number of ether oxygens (including phenoxy) is 1. The summed E-state index contributed by atoms with van der Waals surface area (Å²) in [5.41, 5.74) is 0.428. The van der Waals surface area contributed by atoms with Crippen molar-refractivity contribution in [2.24, 2.45) is 5.41 Å². The number of phenolic OH excluding ortho intramolecular Hbond substituents is 1. The fourth-order valence-corrected chi connectivity index (χ4v) is 2.74. The summed E-state index contributed by atoms with van der Waals surface area (Å²) < 4.78 is 5.01. The van der Waals surface area contributed by atoms with E-state index in [0.29, 0.717) is 12.3 Å². The Hall–Kier alpha value is -1.75. The summed E-state index contributed by atoms with van der Waals surface area (Å²) in [6.45, 7) is 5.96. The Morgan fingerprint density at radius 2 is 2.29 bits per heavy atom. The summed E-state index contributed by atoms with van der Waals surface area (Å²) in [5.74, 6) is 0.195. The highest BCUT2D eigenvalue weighted by atomic mass is 16.5. The number of rotatable bonds is 4. The third kappa shape index (κ3) is 3.67. The molecule has 5 nitrogen and oxygen atoms in total. The van der Waals surface area contributed by atoms with Gasteiger partial charge in [0.2, 0.25) is 0 Å². The van der Waals surface area contributed by atoms with Gasteiger partial charge in [-0.3, -0.25) is 4.79 Å². The number of phenols is 1. The van der Waals surface area contributed by atoms with E-state index in [2.05, 4.69) is 24.5 Å². The summed E-state index contributed by atoms with van der Waals surface area (Å²) in [6.07, 6.45) is 2.31. The quantitative estimate of drug-likeness (QED) is 0.793. The number of aromatic hydroxyl groups is 1. The Morgan fingerprint density at radius 3 is 2.90 bits per heavy atom. The second-order valence-electron chi connectivity index (χ2n) is 6.19. The first-order valence-electron chi connectivity index (χ1n) is 7.32. The topological polar surface area (TPSA) is 70.6 Å². The fourth-order valence-electron chi connectivity index (χ4n) is 2.74. The number of piperidine rings is 1. The average Bonchev–Trinajstić information content (AvgIpc) is 2.45. The van der Waals surface area contributed by atoms with E-state index in [4.69, 9.17) is 4.74 Å². The predicted molar refractivity (Wildman–Crippen MR) is 81.8 cm³/mol. The normalized spacial score (nSPS) is 20.8. The molecular formula is C16H24N2O3. The molecule has 0 bridgehead atoms. The zero-order valence-corrected chi connectivity index (χ0v) is 12.9. The largest absolute Gasteiger partial charge is 0.507 e. The van der Waals surface area contributed by atoms with Crippen LogP contribution in [0.1, 0.15) is 37.0 Å². The van der Waals surface area contributed by atoms with E-state index in [1.807, 2.05) is 0 Å². The standard InChI is InChI=1S/C16H24N2O3/c1-16(2)7-4-8-17-14(16)10-18-15(20)12-6-5-11(21-3)9-13(12)19/h5-6,9,14,17,19H,4,7-8,10H2,1-3H3,(H,18,20). The molecule has 2 rings (SSSR count). The molecule has 0 saturated carbocycles. The van der Waals surface area contributed by atoms with Crippen molar-refractivity contribution in [3.05, 3.63) is 23.8 Å². The van der Waals surface area contributed by atoms with E-state index in [-0.39, 0.29) is 28.7 Å². The summed E-state index contributed by atoms with van der Waals surface area (Å²) in [6, 6.07) is 4.92. The molecule has 1 atom stereocenters. The molecule has 21 heavy (non-hydrogen) atoms.